The molecule has 1 atom stereocenters. The van der Waals surface area contributed by atoms with Gasteiger partial charge in [0.1, 0.15) is 0 Å². The molecule has 29 heavy (non-hydrogen) atoms. The molecule has 5 nitrogen and oxygen atoms in total. The zero-order valence-corrected chi connectivity index (χ0v) is 18.5. The van der Waals surface area contributed by atoms with Crippen molar-refractivity contribution in [2.75, 3.05) is 31.1 Å². The van der Waals surface area contributed by atoms with Crippen molar-refractivity contribution in [3.8, 4) is 0 Å². The molecule has 1 fully saturated rings. The van der Waals surface area contributed by atoms with Crippen LogP contribution >= 0.6 is 0 Å². The minimum atomic E-state index is -3.40. The van der Waals surface area contributed by atoms with Gasteiger partial charge >= 0.3 is 0 Å². The van der Waals surface area contributed by atoms with Crippen LogP contribution in [0.2, 0.25) is 0 Å². The van der Waals surface area contributed by atoms with Crippen molar-refractivity contribution in [3.63, 3.8) is 0 Å². The highest BCUT2D eigenvalue weighted by Gasteiger charge is 2.23. The fourth-order valence-corrected chi connectivity index (χ4v) is 5.49. The van der Waals surface area contributed by atoms with Crippen molar-refractivity contribution in [2.45, 2.75) is 50.6 Å². The summed E-state index contributed by atoms with van der Waals surface area (Å²) in [6.45, 7) is 8.96. The normalized spacial score (nSPS) is 16.9. The van der Waals surface area contributed by atoms with Crippen LogP contribution in [0.25, 0.3) is 0 Å². The first-order valence-corrected chi connectivity index (χ1v) is 12.1. The van der Waals surface area contributed by atoms with E-state index in [0.29, 0.717) is 24.0 Å². The first-order valence-electron chi connectivity index (χ1n) is 10.6. The summed E-state index contributed by atoms with van der Waals surface area (Å²) in [4.78, 5) is 2.81. The van der Waals surface area contributed by atoms with Crippen molar-refractivity contribution < 1.29 is 8.42 Å². The van der Waals surface area contributed by atoms with Gasteiger partial charge in [-0.1, -0.05) is 44.2 Å². The third kappa shape index (κ3) is 5.18. The third-order valence-electron chi connectivity index (χ3n) is 5.83. The van der Waals surface area contributed by atoms with Gasteiger partial charge in [0.15, 0.2) is 0 Å². The number of nitrogens with one attached hydrogen (secondary N) is 1. The molecule has 2 aromatic carbocycles. The lowest BCUT2D eigenvalue weighted by Crippen LogP contribution is -2.43. The highest BCUT2D eigenvalue weighted by molar-refractivity contribution is 7.89. The molecule has 0 aromatic heterocycles. The van der Waals surface area contributed by atoms with Crippen LogP contribution in [0.5, 0.6) is 0 Å². The van der Waals surface area contributed by atoms with Crippen molar-refractivity contribution in [3.05, 3.63) is 60.2 Å². The van der Waals surface area contributed by atoms with Crippen LogP contribution in [0.4, 0.5) is 5.69 Å². The minimum Gasteiger partial charge on any atom is -0.371 e. The summed E-state index contributed by atoms with van der Waals surface area (Å²) in [6.07, 6.45) is 2.21. The van der Waals surface area contributed by atoms with E-state index in [1.54, 1.807) is 12.1 Å². The van der Waals surface area contributed by atoms with Gasteiger partial charge in [0.25, 0.3) is 0 Å². The van der Waals surface area contributed by atoms with Gasteiger partial charge in [-0.25, -0.2) is 8.42 Å². The Hall–Kier alpha value is -1.89. The zero-order chi connectivity index (χ0) is 20.9. The molecule has 0 saturated carbocycles. The average molecular weight is 416 g/mol. The van der Waals surface area contributed by atoms with Gasteiger partial charge in [-0.2, -0.15) is 4.31 Å². The molecule has 0 amide bonds. The summed E-state index contributed by atoms with van der Waals surface area (Å²) < 4.78 is 26.8. The standard InChI is InChI=1S/C23H33N3O2S/c1-4-26(5-2)29(27,28)23-13-11-20(12-14-23)19(3)24-21-15-17-25(18-16-21)22-9-7-6-8-10-22/h6-14,19,21,24H,4-5,15-18H2,1-3H3/t19-/m0/s1. The molecule has 0 bridgehead atoms. The van der Waals surface area contributed by atoms with E-state index >= 15 is 0 Å². The second-order valence-electron chi connectivity index (χ2n) is 7.64. The molecule has 0 unspecified atom stereocenters. The molecule has 0 aliphatic carbocycles. The molecule has 0 spiro atoms. The average Bonchev–Trinajstić information content (AvgIpc) is 2.75. The fraction of sp³-hybridized carbons (Fsp3) is 0.478. The Kier molecular flexibility index (Phi) is 7.33. The van der Waals surface area contributed by atoms with Crippen LogP contribution in [0.3, 0.4) is 0 Å². The number of sulfonamides is 1. The number of hydrogen-bond donors (Lipinski definition) is 1. The van der Waals surface area contributed by atoms with E-state index in [-0.39, 0.29) is 6.04 Å². The Morgan fingerprint density at radius 2 is 1.59 bits per heavy atom. The first-order chi connectivity index (χ1) is 14.0. The number of rotatable bonds is 8. The third-order valence-corrected chi connectivity index (χ3v) is 7.89. The topological polar surface area (TPSA) is 52.7 Å². The van der Waals surface area contributed by atoms with Crippen LogP contribution in [0, 0.1) is 0 Å². The molecule has 1 heterocycles. The van der Waals surface area contributed by atoms with Crippen LogP contribution in [0.1, 0.15) is 45.2 Å². The maximum atomic E-state index is 12.6. The quantitative estimate of drug-likeness (QED) is 0.707. The second-order valence-corrected chi connectivity index (χ2v) is 9.58. The lowest BCUT2D eigenvalue weighted by Gasteiger charge is -2.35. The van der Waals surface area contributed by atoms with E-state index in [1.165, 1.54) is 9.99 Å². The number of anilines is 1. The summed E-state index contributed by atoms with van der Waals surface area (Å²) >= 11 is 0. The van der Waals surface area contributed by atoms with Crippen molar-refractivity contribution >= 4 is 15.7 Å². The van der Waals surface area contributed by atoms with Crippen molar-refractivity contribution in [1.29, 1.82) is 0 Å². The Morgan fingerprint density at radius 1 is 1.00 bits per heavy atom. The maximum absolute atomic E-state index is 12.6. The molecule has 2 aromatic rings. The van der Waals surface area contributed by atoms with Gasteiger partial charge in [-0.3, -0.25) is 0 Å². The smallest absolute Gasteiger partial charge is 0.243 e. The zero-order valence-electron chi connectivity index (χ0n) is 17.7. The minimum absolute atomic E-state index is 0.188. The molecule has 3 rings (SSSR count). The van der Waals surface area contributed by atoms with Gasteiger partial charge < -0.3 is 10.2 Å². The van der Waals surface area contributed by atoms with E-state index in [4.69, 9.17) is 0 Å². The summed E-state index contributed by atoms with van der Waals surface area (Å²) in [5.41, 5.74) is 2.41. The molecule has 1 saturated heterocycles. The second kappa shape index (κ2) is 9.74. The molecule has 158 valence electrons. The Bertz CT molecular complexity index is 857. The van der Waals surface area contributed by atoms with Crippen LogP contribution in [-0.4, -0.2) is 44.9 Å². The number of nitrogens with zero attached hydrogens (tertiary/aromatic N) is 2. The van der Waals surface area contributed by atoms with Crippen LogP contribution in [0.15, 0.2) is 59.5 Å². The van der Waals surface area contributed by atoms with E-state index in [0.717, 1.165) is 31.5 Å². The predicted octanol–water partition coefficient (Wildman–Crippen LogP) is 4.04. The SMILES string of the molecule is CCN(CC)S(=O)(=O)c1ccc([C@H](C)NC2CCN(c3ccccc3)CC2)cc1. The Morgan fingerprint density at radius 3 is 2.14 bits per heavy atom. The predicted molar refractivity (Wildman–Crippen MR) is 120 cm³/mol. The van der Waals surface area contributed by atoms with E-state index in [9.17, 15) is 8.42 Å². The summed E-state index contributed by atoms with van der Waals surface area (Å²) in [5, 5.41) is 3.72. The van der Waals surface area contributed by atoms with E-state index < -0.39 is 10.0 Å². The highest BCUT2D eigenvalue weighted by Crippen LogP contribution is 2.23. The Balaban J connectivity index is 1.57. The van der Waals surface area contributed by atoms with Crippen molar-refractivity contribution in [2.24, 2.45) is 0 Å². The molecule has 0 radical (unpaired) electrons. The van der Waals surface area contributed by atoms with Gasteiger partial charge in [0.2, 0.25) is 10.0 Å². The van der Waals surface area contributed by atoms with E-state index in [2.05, 4.69) is 47.5 Å². The molecule has 1 N–H and O–H groups in total. The highest BCUT2D eigenvalue weighted by atomic mass is 32.2. The van der Waals surface area contributed by atoms with Gasteiger partial charge in [-0.15, -0.1) is 0 Å². The summed E-state index contributed by atoms with van der Waals surface area (Å²) in [5.74, 6) is 0. The molecule has 1 aliphatic heterocycles. The number of piperidine rings is 1. The summed E-state index contributed by atoms with van der Waals surface area (Å²) in [6, 6.07) is 18.6. The lowest BCUT2D eigenvalue weighted by atomic mass is 10.0. The summed E-state index contributed by atoms with van der Waals surface area (Å²) in [7, 11) is -3.40. The van der Waals surface area contributed by atoms with Crippen LogP contribution in [-0.2, 0) is 10.0 Å². The van der Waals surface area contributed by atoms with Crippen LogP contribution < -0.4 is 10.2 Å². The van der Waals surface area contributed by atoms with Crippen molar-refractivity contribution in [1.82, 2.24) is 9.62 Å². The fourth-order valence-electron chi connectivity index (χ4n) is 4.03. The van der Waals surface area contributed by atoms with Gasteiger partial charge in [0, 0.05) is 44.0 Å². The lowest BCUT2D eigenvalue weighted by molar-refractivity contribution is 0.381. The molecular formula is C23H33N3O2S. The number of para-hydroxylation sites is 1. The largest absolute Gasteiger partial charge is 0.371 e. The number of benzene rings is 2. The molecular weight excluding hydrogens is 382 g/mol. The first kappa shape index (κ1) is 21.8. The molecule has 1 aliphatic rings. The maximum Gasteiger partial charge on any atom is 0.243 e. The van der Waals surface area contributed by atoms with E-state index in [1.807, 2.05) is 26.0 Å². The Labute approximate surface area is 175 Å². The van der Waals surface area contributed by atoms with Gasteiger partial charge in [-0.05, 0) is 49.6 Å². The number of hydrogen-bond acceptors (Lipinski definition) is 4. The monoisotopic (exact) mass is 415 g/mol. The van der Waals surface area contributed by atoms with Gasteiger partial charge in [0.05, 0.1) is 4.90 Å². The molecule has 6 heteroatoms.